The molecule has 2 aromatic rings. The zero-order valence-corrected chi connectivity index (χ0v) is 14.4. The lowest BCUT2D eigenvalue weighted by molar-refractivity contribution is 0.0714. The van der Waals surface area contributed by atoms with Crippen LogP contribution >= 0.6 is 23.7 Å². The summed E-state index contributed by atoms with van der Waals surface area (Å²) in [6.45, 7) is 2.01. The number of hydrogen-bond acceptors (Lipinski definition) is 4. The van der Waals surface area contributed by atoms with E-state index < -0.39 is 0 Å². The fourth-order valence-corrected chi connectivity index (χ4v) is 3.17. The number of ether oxygens (including phenoxy) is 1. The molecule has 0 bridgehead atoms. The lowest BCUT2D eigenvalue weighted by Crippen LogP contribution is -2.42. The third-order valence-corrected chi connectivity index (χ3v) is 4.72. The van der Waals surface area contributed by atoms with Crippen LogP contribution in [0.5, 0.6) is 5.75 Å². The number of amides is 1. The Labute approximate surface area is 146 Å². The normalized spacial score (nSPS) is 15.1. The summed E-state index contributed by atoms with van der Waals surface area (Å²) in [5.41, 5.74) is 6.57. The van der Waals surface area contributed by atoms with Crippen molar-refractivity contribution in [2.24, 2.45) is 5.73 Å². The first-order valence-electron chi connectivity index (χ1n) is 7.52. The van der Waals surface area contributed by atoms with Gasteiger partial charge in [-0.05, 0) is 42.5 Å². The van der Waals surface area contributed by atoms with Gasteiger partial charge in [-0.3, -0.25) is 4.79 Å². The lowest BCUT2D eigenvalue weighted by atomic mass is 10.0. The predicted molar refractivity (Wildman–Crippen MR) is 95.5 cm³/mol. The quantitative estimate of drug-likeness (QED) is 0.918. The molecule has 0 atom stereocenters. The van der Waals surface area contributed by atoms with E-state index >= 15 is 0 Å². The molecule has 0 unspecified atom stereocenters. The van der Waals surface area contributed by atoms with Gasteiger partial charge in [-0.25, -0.2) is 0 Å². The van der Waals surface area contributed by atoms with Gasteiger partial charge in [0.15, 0.2) is 0 Å². The van der Waals surface area contributed by atoms with Gasteiger partial charge in [0.1, 0.15) is 12.4 Å². The van der Waals surface area contributed by atoms with Crippen molar-refractivity contribution >= 4 is 29.7 Å². The second-order valence-corrected chi connectivity index (χ2v) is 6.56. The maximum atomic E-state index is 12.5. The largest absolute Gasteiger partial charge is 0.488 e. The summed E-state index contributed by atoms with van der Waals surface area (Å²) in [7, 11) is 0. The van der Waals surface area contributed by atoms with E-state index in [0.717, 1.165) is 31.7 Å². The van der Waals surface area contributed by atoms with E-state index in [1.807, 2.05) is 46.7 Å². The maximum absolute atomic E-state index is 12.5. The summed E-state index contributed by atoms with van der Waals surface area (Å²) in [6.07, 6.45) is 1.75. The second-order valence-electron chi connectivity index (χ2n) is 5.53. The van der Waals surface area contributed by atoms with Crippen LogP contribution in [0, 0.1) is 0 Å². The number of likely N-dealkylation sites (tertiary alicyclic amines) is 1. The average molecular weight is 353 g/mol. The second kappa shape index (κ2) is 8.34. The van der Waals surface area contributed by atoms with Crippen LogP contribution in [0.4, 0.5) is 0 Å². The molecular formula is C17H21ClN2O2S. The van der Waals surface area contributed by atoms with E-state index in [0.29, 0.717) is 12.2 Å². The molecule has 2 N–H and O–H groups in total. The summed E-state index contributed by atoms with van der Waals surface area (Å²) >= 11 is 1.66. The molecule has 0 saturated carbocycles. The van der Waals surface area contributed by atoms with Crippen LogP contribution in [-0.4, -0.2) is 29.9 Å². The van der Waals surface area contributed by atoms with Crippen LogP contribution < -0.4 is 10.5 Å². The summed E-state index contributed by atoms with van der Waals surface area (Å²) in [5.74, 6) is 0.793. The van der Waals surface area contributed by atoms with Crippen LogP contribution in [0.25, 0.3) is 0 Å². The highest BCUT2D eigenvalue weighted by atomic mass is 35.5. The molecule has 1 aromatic heterocycles. The van der Waals surface area contributed by atoms with Gasteiger partial charge in [0.05, 0.1) is 0 Å². The number of halogens is 1. The number of hydrogen-bond donors (Lipinski definition) is 1. The first-order chi connectivity index (χ1) is 10.7. The number of nitrogens with zero attached hydrogens (tertiary/aromatic N) is 1. The Morgan fingerprint density at radius 3 is 2.74 bits per heavy atom. The molecule has 1 aliphatic rings. The van der Waals surface area contributed by atoms with Crippen LogP contribution in [0.1, 0.15) is 28.1 Å². The van der Waals surface area contributed by atoms with Crippen molar-refractivity contribution in [3.8, 4) is 5.75 Å². The van der Waals surface area contributed by atoms with E-state index in [1.54, 1.807) is 11.3 Å². The van der Waals surface area contributed by atoms with E-state index in [-0.39, 0.29) is 24.4 Å². The van der Waals surface area contributed by atoms with Crippen LogP contribution in [0.2, 0.25) is 0 Å². The fourth-order valence-electron chi connectivity index (χ4n) is 2.55. The van der Waals surface area contributed by atoms with Crippen molar-refractivity contribution < 1.29 is 9.53 Å². The summed E-state index contributed by atoms with van der Waals surface area (Å²) in [6, 6.07) is 11.7. The van der Waals surface area contributed by atoms with Crippen LogP contribution in [0.3, 0.4) is 0 Å². The third kappa shape index (κ3) is 4.70. The minimum atomic E-state index is 0. The Bertz CT molecular complexity index is 625. The number of benzene rings is 1. The Balaban J connectivity index is 0.00000192. The molecule has 1 aromatic carbocycles. The third-order valence-electron chi connectivity index (χ3n) is 3.87. The molecule has 0 aliphatic carbocycles. The number of rotatable bonds is 4. The fraction of sp³-hybridized carbons (Fsp3) is 0.353. The zero-order chi connectivity index (χ0) is 15.4. The molecule has 0 spiro atoms. The molecule has 1 saturated heterocycles. The van der Waals surface area contributed by atoms with Crippen molar-refractivity contribution in [1.29, 1.82) is 0 Å². The number of thiophene rings is 1. The molecule has 4 nitrogen and oxygen atoms in total. The minimum absolute atomic E-state index is 0. The van der Waals surface area contributed by atoms with Crippen molar-refractivity contribution in [1.82, 2.24) is 4.90 Å². The van der Waals surface area contributed by atoms with Gasteiger partial charge in [-0.15, -0.1) is 23.7 Å². The molecule has 2 heterocycles. The van der Waals surface area contributed by atoms with Crippen LogP contribution in [0.15, 0.2) is 41.8 Å². The zero-order valence-electron chi connectivity index (χ0n) is 12.8. The van der Waals surface area contributed by atoms with Crippen molar-refractivity contribution in [3.05, 3.63) is 52.2 Å². The first kappa shape index (κ1) is 17.8. The van der Waals surface area contributed by atoms with Gasteiger partial charge < -0.3 is 15.4 Å². The molecule has 124 valence electrons. The Hall–Kier alpha value is -1.56. The lowest BCUT2D eigenvalue weighted by Gasteiger charge is -2.30. The van der Waals surface area contributed by atoms with Gasteiger partial charge in [0.2, 0.25) is 0 Å². The summed E-state index contributed by atoms with van der Waals surface area (Å²) in [4.78, 5) is 15.6. The molecule has 1 amide bonds. The molecule has 1 aliphatic heterocycles. The summed E-state index contributed by atoms with van der Waals surface area (Å²) < 4.78 is 5.77. The maximum Gasteiger partial charge on any atom is 0.253 e. The Kier molecular flexibility index (Phi) is 6.45. The van der Waals surface area contributed by atoms with Crippen LogP contribution in [-0.2, 0) is 6.61 Å². The van der Waals surface area contributed by atoms with Crippen molar-refractivity contribution in [3.63, 3.8) is 0 Å². The average Bonchev–Trinajstić information content (AvgIpc) is 3.07. The Morgan fingerprint density at radius 2 is 2.04 bits per heavy atom. The van der Waals surface area contributed by atoms with Crippen molar-refractivity contribution in [2.75, 3.05) is 13.1 Å². The Morgan fingerprint density at radius 1 is 1.26 bits per heavy atom. The smallest absolute Gasteiger partial charge is 0.253 e. The van der Waals surface area contributed by atoms with Gasteiger partial charge in [-0.1, -0.05) is 12.1 Å². The highest BCUT2D eigenvalue weighted by molar-refractivity contribution is 7.09. The van der Waals surface area contributed by atoms with Gasteiger partial charge >= 0.3 is 0 Å². The van der Waals surface area contributed by atoms with Gasteiger partial charge in [0.25, 0.3) is 5.91 Å². The number of carbonyl (C=O) groups is 1. The van der Waals surface area contributed by atoms with Gasteiger partial charge in [0, 0.05) is 29.6 Å². The molecule has 6 heteroatoms. The molecule has 0 radical (unpaired) electrons. The van der Waals surface area contributed by atoms with E-state index in [9.17, 15) is 4.79 Å². The topological polar surface area (TPSA) is 55.6 Å². The van der Waals surface area contributed by atoms with E-state index in [4.69, 9.17) is 10.5 Å². The summed E-state index contributed by atoms with van der Waals surface area (Å²) in [5, 5.41) is 2.03. The van der Waals surface area contributed by atoms with Gasteiger partial charge in [-0.2, -0.15) is 0 Å². The molecule has 1 fully saturated rings. The number of piperidine rings is 1. The van der Waals surface area contributed by atoms with E-state index in [2.05, 4.69) is 0 Å². The highest BCUT2D eigenvalue weighted by Gasteiger charge is 2.21. The number of nitrogens with two attached hydrogens (primary N) is 1. The molecule has 23 heavy (non-hydrogen) atoms. The first-order valence-corrected chi connectivity index (χ1v) is 8.40. The van der Waals surface area contributed by atoms with E-state index in [1.165, 1.54) is 4.88 Å². The molecular weight excluding hydrogens is 332 g/mol. The molecule has 3 rings (SSSR count). The standard InChI is InChI=1S/C17H20N2O2S.ClH/c18-14-6-8-19(9-7-14)17(20)13-3-1-4-15(11-13)21-12-16-5-2-10-22-16;/h1-5,10-11,14H,6-9,12,18H2;1H. The number of carbonyl (C=O) groups excluding carboxylic acids is 1. The minimum Gasteiger partial charge on any atom is -0.488 e. The monoisotopic (exact) mass is 352 g/mol. The predicted octanol–water partition coefficient (Wildman–Crippen LogP) is 3.31. The SMILES string of the molecule is Cl.NC1CCN(C(=O)c2cccc(OCc3cccs3)c2)CC1. The van der Waals surface area contributed by atoms with Crippen molar-refractivity contribution in [2.45, 2.75) is 25.5 Å². The highest BCUT2D eigenvalue weighted by Crippen LogP contribution is 2.19.